The number of carbonyl (C=O) groups is 3. The average molecular weight is 404 g/mol. The minimum absolute atomic E-state index is 0.132. The first-order chi connectivity index (χ1) is 12.2. The molecule has 3 amide bonds. The van der Waals surface area contributed by atoms with Gasteiger partial charge in [0.05, 0.1) is 18.1 Å². The summed E-state index contributed by atoms with van der Waals surface area (Å²) in [7, 11) is 3.34. The largest absolute Gasteiger partial charge is 0.347 e. The molecule has 0 spiro atoms. The number of hydroxylamine groups is 2. The van der Waals surface area contributed by atoms with Crippen LogP contribution in [0.4, 0.5) is 0 Å². The summed E-state index contributed by atoms with van der Waals surface area (Å²) in [6.45, 7) is 13.4. The number of nitrogens with one attached hydrogen (secondary N) is 1. The average Bonchev–Trinajstić information content (AvgIpc) is 2.51. The number of hydrogen-bond acceptors (Lipinski definition) is 5. The quantitative estimate of drug-likeness (QED) is 0.447. The lowest BCUT2D eigenvalue weighted by atomic mass is 9.85. The van der Waals surface area contributed by atoms with E-state index in [9.17, 15) is 14.4 Å². The number of nitrogens with zero attached hydrogens (tertiary/aromatic N) is 2. The van der Waals surface area contributed by atoms with E-state index in [1.54, 1.807) is 25.9 Å². The predicted molar refractivity (Wildman–Crippen MR) is 110 cm³/mol. The molecule has 0 unspecified atom stereocenters. The topological polar surface area (TPSA) is 79.0 Å². The van der Waals surface area contributed by atoms with Gasteiger partial charge in [-0.1, -0.05) is 27.7 Å². The lowest BCUT2D eigenvalue weighted by Gasteiger charge is -2.34. The third-order valence-electron chi connectivity index (χ3n) is 3.64. The van der Waals surface area contributed by atoms with Gasteiger partial charge in [0, 0.05) is 19.8 Å². The van der Waals surface area contributed by atoms with E-state index in [-0.39, 0.29) is 18.4 Å². The normalized spacial score (nSPS) is 14.3. The summed E-state index contributed by atoms with van der Waals surface area (Å²) < 4.78 is 0. The van der Waals surface area contributed by atoms with Crippen molar-refractivity contribution in [2.45, 2.75) is 60.1 Å². The molecule has 27 heavy (non-hydrogen) atoms. The van der Waals surface area contributed by atoms with Crippen molar-refractivity contribution in [3.8, 4) is 0 Å². The third-order valence-corrected chi connectivity index (χ3v) is 4.69. The van der Waals surface area contributed by atoms with E-state index in [0.717, 1.165) is 5.75 Å². The lowest BCUT2D eigenvalue weighted by Crippen LogP contribution is -2.55. The van der Waals surface area contributed by atoms with Crippen molar-refractivity contribution in [2.24, 2.45) is 11.3 Å². The molecule has 158 valence electrons. The zero-order valence-corrected chi connectivity index (χ0v) is 19.1. The van der Waals surface area contributed by atoms with Crippen LogP contribution in [0, 0.1) is 11.3 Å². The van der Waals surface area contributed by atoms with Crippen molar-refractivity contribution in [1.29, 1.82) is 0 Å². The summed E-state index contributed by atoms with van der Waals surface area (Å²) in [5, 5.41) is 4.06. The Labute approximate surface area is 168 Å². The van der Waals surface area contributed by atoms with E-state index in [4.69, 9.17) is 4.84 Å². The van der Waals surface area contributed by atoms with Crippen LogP contribution in [-0.4, -0.2) is 72.0 Å². The number of rotatable bonds is 10. The summed E-state index contributed by atoms with van der Waals surface area (Å²) in [6.07, 6.45) is 0.592. The summed E-state index contributed by atoms with van der Waals surface area (Å²) in [5.41, 5.74) is -0.986. The third kappa shape index (κ3) is 10.0. The highest BCUT2D eigenvalue weighted by atomic mass is 32.2. The Balaban J connectivity index is 5.38. The Morgan fingerprint density at radius 2 is 1.70 bits per heavy atom. The SMILES string of the molecule is CCSC[C@H](CN(C=O)OC(C)(C)C)C(=O)N[C@H](C(=O)N(C)C)C(C)(C)C. The van der Waals surface area contributed by atoms with Gasteiger partial charge in [-0.05, 0) is 31.9 Å². The van der Waals surface area contributed by atoms with E-state index in [2.05, 4.69) is 5.32 Å². The van der Waals surface area contributed by atoms with Gasteiger partial charge < -0.3 is 10.2 Å². The molecule has 0 saturated heterocycles. The highest BCUT2D eigenvalue weighted by molar-refractivity contribution is 7.99. The molecule has 0 heterocycles. The molecule has 0 bridgehead atoms. The van der Waals surface area contributed by atoms with Crippen LogP contribution >= 0.6 is 11.8 Å². The smallest absolute Gasteiger partial charge is 0.245 e. The van der Waals surface area contributed by atoms with Crippen molar-refractivity contribution in [3.63, 3.8) is 0 Å². The lowest BCUT2D eigenvalue weighted by molar-refractivity contribution is -0.219. The van der Waals surface area contributed by atoms with Gasteiger partial charge in [-0.3, -0.25) is 19.2 Å². The second-order valence-electron chi connectivity index (χ2n) is 8.81. The predicted octanol–water partition coefficient (Wildman–Crippen LogP) is 2.16. The van der Waals surface area contributed by atoms with Gasteiger partial charge in [-0.25, -0.2) is 5.06 Å². The first kappa shape index (κ1) is 25.7. The first-order valence-electron chi connectivity index (χ1n) is 9.23. The molecular formula is C19H37N3O4S. The molecule has 0 rings (SSSR count). The molecule has 0 aliphatic heterocycles. The zero-order chi connectivity index (χ0) is 21.4. The molecule has 0 aromatic rings. The Morgan fingerprint density at radius 3 is 2.07 bits per heavy atom. The van der Waals surface area contributed by atoms with E-state index >= 15 is 0 Å². The number of likely N-dealkylation sites (N-methyl/N-ethyl adjacent to an activating group) is 1. The van der Waals surface area contributed by atoms with Crippen molar-refractivity contribution >= 4 is 30.0 Å². The van der Waals surface area contributed by atoms with Gasteiger partial charge in [0.1, 0.15) is 6.04 Å². The van der Waals surface area contributed by atoms with Gasteiger partial charge >= 0.3 is 0 Å². The molecule has 0 aromatic carbocycles. The number of hydrogen-bond donors (Lipinski definition) is 1. The van der Waals surface area contributed by atoms with Crippen LogP contribution in [0.1, 0.15) is 48.5 Å². The number of carbonyl (C=O) groups excluding carboxylic acids is 3. The van der Waals surface area contributed by atoms with Crippen LogP contribution < -0.4 is 5.32 Å². The fraction of sp³-hybridized carbons (Fsp3) is 0.842. The highest BCUT2D eigenvalue weighted by Gasteiger charge is 2.36. The number of amides is 3. The van der Waals surface area contributed by atoms with Crippen molar-refractivity contribution in [2.75, 3.05) is 32.1 Å². The maximum Gasteiger partial charge on any atom is 0.245 e. The fourth-order valence-corrected chi connectivity index (χ4v) is 3.09. The minimum atomic E-state index is -0.651. The Hall–Kier alpha value is -1.28. The van der Waals surface area contributed by atoms with Crippen LogP contribution in [0.25, 0.3) is 0 Å². The zero-order valence-electron chi connectivity index (χ0n) is 18.3. The second kappa shape index (κ2) is 10.9. The van der Waals surface area contributed by atoms with Crippen LogP contribution in [0.5, 0.6) is 0 Å². The van der Waals surface area contributed by atoms with E-state index < -0.39 is 23.0 Å². The maximum atomic E-state index is 13.0. The molecule has 0 aromatic heterocycles. The summed E-state index contributed by atoms with van der Waals surface area (Å²) in [6, 6.07) is -0.651. The molecular weight excluding hydrogens is 366 g/mol. The van der Waals surface area contributed by atoms with Crippen LogP contribution in [0.2, 0.25) is 0 Å². The van der Waals surface area contributed by atoms with Gasteiger partial charge in [-0.15, -0.1) is 0 Å². The Bertz CT molecular complexity index is 498. The van der Waals surface area contributed by atoms with Crippen LogP contribution in [0.15, 0.2) is 0 Å². The monoisotopic (exact) mass is 403 g/mol. The number of thioether (sulfide) groups is 1. The van der Waals surface area contributed by atoms with Gasteiger partial charge in [-0.2, -0.15) is 11.8 Å². The molecule has 0 radical (unpaired) electrons. The summed E-state index contributed by atoms with van der Waals surface area (Å²) >= 11 is 1.61. The Morgan fingerprint density at radius 1 is 1.15 bits per heavy atom. The fourth-order valence-electron chi connectivity index (χ4n) is 2.31. The molecule has 7 nitrogen and oxygen atoms in total. The summed E-state index contributed by atoms with van der Waals surface area (Å²) in [4.78, 5) is 44.0. The highest BCUT2D eigenvalue weighted by Crippen LogP contribution is 2.22. The van der Waals surface area contributed by atoms with Crippen molar-refractivity contribution < 1.29 is 19.2 Å². The molecule has 8 heteroatoms. The van der Waals surface area contributed by atoms with Crippen LogP contribution in [0.3, 0.4) is 0 Å². The van der Waals surface area contributed by atoms with Crippen molar-refractivity contribution in [1.82, 2.24) is 15.3 Å². The molecule has 0 aliphatic carbocycles. The molecule has 0 saturated carbocycles. The van der Waals surface area contributed by atoms with Gasteiger partial charge in [0.15, 0.2) is 0 Å². The molecule has 0 aliphatic rings. The Kier molecular flexibility index (Phi) is 10.4. The van der Waals surface area contributed by atoms with Crippen LogP contribution in [-0.2, 0) is 19.2 Å². The van der Waals surface area contributed by atoms with Crippen molar-refractivity contribution in [3.05, 3.63) is 0 Å². The standard InChI is InChI=1S/C19H37N3O4S/c1-10-27-12-14(11-22(13-23)26-19(5,6)7)16(24)20-15(18(2,3)4)17(25)21(8)9/h13-15H,10-12H2,1-9H3,(H,20,24)/t14-,15+/m0/s1. The molecule has 0 fully saturated rings. The summed E-state index contributed by atoms with van der Waals surface area (Å²) in [5.74, 6) is 0.492. The minimum Gasteiger partial charge on any atom is -0.347 e. The molecule has 1 N–H and O–H groups in total. The van der Waals surface area contributed by atoms with E-state index in [0.29, 0.717) is 12.2 Å². The van der Waals surface area contributed by atoms with Gasteiger partial charge in [0.25, 0.3) is 0 Å². The second-order valence-corrected chi connectivity index (χ2v) is 10.1. The van der Waals surface area contributed by atoms with E-state index in [1.165, 1.54) is 9.96 Å². The maximum absolute atomic E-state index is 13.0. The first-order valence-corrected chi connectivity index (χ1v) is 10.4. The van der Waals surface area contributed by atoms with E-state index in [1.807, 2.05) is 48.5 Å². The molecule has 2 atom stereocenters. The van der Waals surface area contributed by atoms with Gasteiger partial charge in [0.2, 0.25) is 18.2 Å².